The largest absolute Gasteiger partial charge is 0.349 e. The lowest BCUT2D eigenvalue weighted by atomic mass is 10.1. The molecule has 0 radical (unpaired) electrons. The van der Waals surface area contributed by atoms with Gasteiger partial charge in [0.1, 0.15) is 6.33 Å². The molecule has 24 heavy (non-hydrogen) atoms. The molecule has 0 atom stereocenters. The Morgan fingerprint density at radius 3 is 2.79 bits per heavy atom. The number of benzene rings is 1. The number of nitrogens with one attached hydrogen (secondary N) is 2. The van der Waals surface area contributed by atoms with E-state index in [4.69, 9.17) is 12.2 Å². The normalized spacial score (nSPS) is 10.7. The van der Waals surface area contributed by atoms with Crippen molar-refractivity contribution in [2.75, 3.05) is 0 Å². The van der Waals surface area contributed by atoms with Crippen molar-refractivity contribution < 1.29 is 4.79 Å². The zero-order valence-electron chi connectivity index (χ0n) is 13.0. The van der Waals surface area contributed by atoms with E-state index in [2.05, 4.69) is 31.0 Å². The maximum Gasteiger partial charge on any atom is 0.224 e. The predicted octanol–water partition coefficient (Wildman–Crippen LogP) is 0.795. The van der Waals surface area contributed by atoms with Crippen LogP contribution < -0.4 is 5.32 Å². The molecule has 124 valence electrons. The van der Waals surface area contributed by atoms with Gasteiger partial charge in [0, 0.05) is 6.54 Å². The highest BCUT2D eigenvalue weighted by molar-refractivity contribution is 7.71. The summed E-state index contributed by atoms with van der Waals surface area (Å²) in [7, 11) is 0. The smallest absolute Gasteiger partial charge is 0.224 e. The summed E-state index contributed by atoms with van der Waals surface area (Å²) in [5.41, 5.74) is 1.74. The Bertz CT molecular complexity index is 865. The third-order valence-corrected chi connectivity index (χ3v) is 3.82. The molecule has 0 bridgehead atoms. The van der Waals surface area contributed by atoms with E-state index in [0.29, 0.717) is 23.7 Å². The quantitative estimate of drug-likeness (QED) is 0.641. The molecule has 0 fully saturated rings. The molecule has 9 nitrogen and oxygen atoms in total. The average molecular weight is 344 g/mol. The first kappa shape index (κ1) is 16.0. The van der Waals surface area contributed by atoms with Crippen LogP contribution in [0.25, 0.3) is 5.69 Å². The molecule has 1 aromatic carbocycles. The number of aromatic nitrogens is 7. The van der Waals surface area contributed by atoms with Gasteiger partial charge in [0.05, 0.1) is 18.7 Å². The number of hydrogen-bond donors (Lipinski definition) is 2. The van der Waals surface area contributed by atoms with Crippen LogP contribution in [-0.2, 0) is 24.3 Å². The van der Waals surface area contributed by atoms with E-state index in [0.717, 1.165) is 11.3 Å². The topological polar surface area (TPSA) is 106 Å². The second kappa shape index (κ2) is 7.13. The number of rotatable bonds is 6. The Balaban J connectivity index is 1.58. The number of carbonyl (C=O) groups is 1. The van der Waals surface area contributed by atoms with Crippen molar-refractivity contribution in [3.63, 3.8) is 0 Å². The predicted molar refractivity (Wildman–Crippen MR) is 87.8 cm³/mol. The van der Waals surface area contributed by atoms with Crippen LogP contribution in [0.15, 0.2) is 30.6 Å². The van der Waals surface area contributed by atoms with E-state index in [1.807, 2.05) is 35.8 Å². The SMILES string of the molecule is CCn1c(CNC(=O)Cc2ccc(-n3cnnn3)cc2)n[nH]c1=S. The van der Waals surface area contributed by atoms with Crippen LogP contribution in [0.1, 0.15) is 18.3 Å². The molecule has 0 aliphatic heterocycles. The molecular weight excluding hydrogens is 328 g/mol. The van der Waals surface area contributed by atoms with Gasteiger partial charge >= 0.3 is 0 Å². The molecule has 0 spiro atoms. The highest BCUT2D eigenvalue weighted by Gasteiger charge is 2.08. The van der Waals surface area contributed by atoms with Crippen molar-refractivity contribution in [3.8, 4) is 5.69 Å². The van der Waals surface area contributed by atoms with Gasteiger partial charge in [-0.25, -0.2) is 4.68 Å². The van der Waals surface area contributed by atoms with E-state index < -0.39 is 0 Å². The number of aromatic amines is 1. The van der Waals surface area contributed by atoms with Crippen LogP contribution in [0.5, 0.6) is 0 Å². The van der Waals surface area contributed by atoms with Crippen molar-refractivity contribution in [2.45, 2.75) is 26.4 Å². The maximum absolute atomic E-state index is 12.1. The molecule has 0 aliphatic carbocycles. The summed E-state index contributed by atoms with van der Waals surface area (Å²) in [5.74, 6) is 0.631. The first-order chi connectivity index (χ1) is 11.7. The molecule has 1 amide bonds. The molecule has 2 aromatic heterocycles. The Kier molecular flexibility index (Phi) is 4.75. The van der Waals surface area contributed by atoms with Gasteiger partial charge in [-0.3, -0.25) is 9.89 Å². The van der Waals surface area contributed by atoms with Gasteiger partial charge in [0.25, 0.3) is 0 Å². The first-order valence-electron chi connectivity index (χ1n) is 7.40. The highest BCUT2D eigenvalue weighted by Crippen LogP contribution is 2.08. The monoisotopic (exact) mass is 344 g/mol. The fourth-order valence-corrected chi connectivity index (χ4v) is 2.56. The van der Waals surface area contributed by atoms with Crippen molar-refractivity contribution in [1.82, 2.24) is 40.3 Å². The Morgan fingerprint density at radius 2 is 2.12 bits per heavy atom. The fraction of sp³-hybridized carbons (Fsp3) is 0.286. The Hall–Kier alpha value is -2.88. The summed E-state index contributed by atoms with van der Waals surface area (Å²) >= 11 is 5.12. The lowest BCUT2D eigenvalue weighted by Gasteiger charge is -2.07. The molecule has 0 unspecified atom stereocenters. The fourth-order valence-electron chi connectivity index (χ4n) is 2.28. The third kappa shape index (κ3) is 3.54. The van der Waals surface area contributed by atoms with Gasteiger partial charge in [-0.15, -0.1) is 5.10 Å². The van der Waals surface area contributed by atoms with Gasteiger partial charge in [0.2, 0.25) is 5.91 Å². The standard InChI is InChI=1S/C14H16N8OS/c1-2-21-12(17-18-14(21)24)8-15-13(23)7-10-3-5-11(6-4-10)22-9-16-19-20-22/h3-6,9H,2,7-8H2,1H3,(H,15,23)(H,18,24). The van der Waals surface area contributed by atoms with Gasteiger partial charge in [0.15, 0.2) is 10.6 Å². The minimum atomic E-state index is -0.0817. The van der Waals surface area contributed by atoms with Gasteiger partial charge < -0.3 is 9.88 Å². The minimum absolute atomic E-state index is 0.0817. The van der Waals surface area contributed by atoms with Crippen LogP contribution in [-0.4, -0.2) is 40.9 Å². The van der Waals surface area contributed by atoms with Crippen molar-refractivity contribution >= 4 is 18.1 Å². The van der Waals surface area contributed by atoms with Gasteiger partial charge in [-0.05, 0) is 47.3 Å². The number of hydrogen-bond acceptors (Lipinski definition) is 6. The van der Waals surface area contributed by atoms with Crippen molar-refractivity contribution in [1.29, 1.82) is 0 Å². The van der Waals surface area contributed by atoms with Crippen LogP contribution in [0.2, 0.25) is 0 Å². The number of carbonyl (C=O) groups excluding carboxylic acids is 1. The van der Waals surface area contributed by atoms with E-state index in [1.165, 1.54) is 6.33 Å². The lowest BCUT2D eigenvalue weighted by molar-refractivity contribution is -0.120. The summed E-state index contributed by atoms with van der Waals surface area (Å²) < 4.78 is 3.95. The average Bonchev–Trinajstić information content (AvgIpc) is 3.23. The zero-order chi connectivity index (χ0) is 16.9. The summed E-state index contributed by atoms with van der Waals surface area (Å²) in [5, 5.41) is 20.7. The summed E-state index contributed by atoms with van der Waals surface area (Å²) in [6.07, 6.45) is 1.80. The second-order valence-electron chi connectivity index (χ2n) is 5.06. The Labute approximate surface area is 142 Å². The Morgan fingerprint density at radius 1 is 1.33 bits per heavy atom. The third-order valence-electron chi connectivity index (χ3n) is 3.51. The molecular formula is C14H16N8OS. The van der Waals surface area contributed by atoms with E-state index >= 15 is 0 Å². The lowest BCUT2D eigenvalue weighted by Crippen LogP contribution is -2.26. The number of nitrogens with zero attached hydrogens (tertiary/aromatic N) is 6. The molecule has 0 aliphatic rings. The zero-order valence-corrected chi connectivity index (χ0v) is 13.8. The summed E-state index contributed by atoms with van der Waals surface area (Å²) in [6, 6.07) is 7.47. The van der Waals surface area contributed by atoms with Crippen molar-refractivity contribution in [2.24, 2.45) is 0 Å². The highest BCUT2D eigenvalue weighted by atomic mass is 32.1. The number of amides is 1. The maximum atomic E-state index is 12.1. The number of H-pyrrole nitrogens is 1. The van der Waals surface area contributed by atoms with Crippen LogP contribution in [0.3, 0.4) is 0 Å². The summed E-state index contributed by atoms with van der Waals surface area (Å²) in [4.78, 5) is 12.1. The van der Waals surface area contributed by atoms with Crippen molar-refractivity contribution in [3.05, 3.63) is 46.8 Å². The second-order valence-corrected chi connectivity index (χ2v) is 5.45. The molecule has 0 saturated heterocycles. The van der Waals surface area contributed by atoms with E-state index in [-0.39, 0.29) is 12.3 Å². The van der Waals surface area contributed by atoms with E-state index in [9.17, 15) is 4.79 Å². The number of tetrazole rings is 1. The molecule has 3 rings (SSSR count). The van der Waals surface area contributed by atoms with Gasteiger partial charge in [-0.1, -0.05) is 12.1 Å². The van der Waals surface area contributed by atoms with E-state index in [1.54, 1.807) is 4.68 Å². The molecule has 0 saturated carbocycles. The molecule has 2 heterocycles. The van der Waals surface area contributed by atoms with Crippen LogP contribution in [0.4, 0.5) is 0 Å². The molecule has 2 N–H and O–H groups in total. The molecule has 10 heteroatoms. The van der Waals surface area contributed by atoms with Crippen LogP contribution in [0, 0.1) is 4.77 Å². The molecule has 3 aromatic rings. The summed E-state index contributed by atoms with van der Waals surface area (Å²) in [6.45, 7) is 3.02. The van der Waals surface area contributed by atoms with Crippen LogP contribution >= 0.6 is 12.2 Å². The van der Waals surface area contributed by atoms with Gasteiger partial charge in [-0.2, -0.15) is 5.10 Å². The first-order valence-corrected chi connectivity index (χ1v) is 7.81. The minimum Gasteiger partial charge on any atom is -0.349 e.